The molecule has 0 aromatic carbocycles. The summed E-state index contributed by atoms with van der Waals surface area (Å²) in [5.74, 6) is 1.88. The third-order valence-electron chi connectivity index (χ3n) is 4.30. The van der Waals surface area contributed by atoms with Crippen molar-refractivity contribution in [3.8, 4) is 0 Å². The van der Waals surface area contributed by atoms with Gasteiger partial charge in [0.05, 0.1) is 6.54 Å². The van der Waals surface area contributed by atoms with Crippen LogP contribution in [0.2, 0.25) is 0 Å². The van der Waals surface area contributed by atoms with Crippen molar-refractivity contribution in [3.05, 3.63) is 11.7 Å². The number of rotatable bonds is 4. The molecule has 3 heterocycles. The van der Waals surface area contributed by atoms with Crippen LogP contribution in [0.4, 0.5) is 0 Å². The molecule has 1 N–H and O–H groups in total. The third kappa shape index (κ3) is 4.16. The summed E-state index contributed by atoms with van der Waals surface area (Å²) >= 11 is 0. The van der Waals surface area contributed by atoms with Gasteiger partial charge >= 0.3 is 0 Å². The molecule has 0 amide bonds. The molecule has 0 aliphatic carbocycles. The van der Waals surface area contributed by atoms with E-state index in [0.29, 0.717) is 5.92 Å². The molecule has 1 aromatic rings. The first-order chi connectivity index (χ1) is 9.72. The molecule has 3 rings (SSSR count). The van der Waals surface area contributed by atoms with Crippen LogP contribution < -0.4 is 5.32 Å². The van der Waals surface area contributed by atoms with E-state index in [9.17, 15) is 0 Å². The van der Waals surface area contributed by atoms with Gasteiger partial charge in [0.2, 0.25) is 5.89 Å². The zero-order valence-corrected chi connectivity index (χ0v) is 13.7. The highest BCUT2D eigenvalue weighted by Crippen LogP contribution is 2.15. The standard InChI is InChI=1S/C14H25N5O.ClH/c1-11(2)14-16-13(17-20-14)10-18-5-7-19(8-6-18)12-3-4-15-9-12;/h11-12,15H,3-10H2,1-2H3;1H. The van der Waals surface area contributed by atoms with Crippen LogP contribution in [0.5, 0.6) is 0 Å². The van der Waals surface area contributed by atoms with Gasteiger partial charge < -0.3 is 9.84 Å². The molecule has 120 valence electrons. The monoisotopic (exact) mass is 315 g/mol. The zero-order chi connectivity index (χ0) is 13.9. The summed E-state index contributed by atoms with van der Waals surface area (Å²) in [5, 5.41) is 7.52. The van der Waals surface area contributed by atoms with E-state index >= 15 is 0 Å². The van der Waals surface area contributed by atoms with Gasteiger partial charge in [-0.3, -0.25) is 9.80 Å². The van der Waals surface area contributed by atoms with Gasteiger partial charge in [-0.05, 0) is 13.0 Å². The summed E-state index contributed by atoms with van der Waals surface area (Å²) in [7, 11) is 0. The highest BCUT2D eigenvalue weighted by Gasteiger charge is 2.26. The molecule has 0 radical (unpaired) electrons. The van der Waals surface area contributed by atoms with Crippen molar-refractivity contribution in [1.29, 1.82) is 0 Å². The van der Waals surface area contributed by atoms with Crippen molar-refractivity contribution in [2.75, 3.05) is 39.3 Å². The van der Waals surface area contributed by atoms with E-state index in [1.165, 1.54) is 13.0 Å². The second-order valence-corrected chi connectivity index (χ2v) is 6.16. The SMILES string of the molecule is CC(C)c1nc(CN2CCN(C3CCNC3)CC2)no1.Cl. The van der Waals surface area contributed by atoms with Crippen molar-refractivity contribution in [2.45, 2.75) is 38.8 Å². The summed E-state index contributed by atoms with van der Waals surface area (Å²) < 4.78 is 5.26. The minimum atomic E-state index is 0. The largest absolute Gasteiger partial charge is 0.339 e. The summed E-state index contributed by atoms with van der Waals surface area (Å²) in [6.07, 6.45) is 1.29. The highest BCUT2D eigenvalue weighted by atomic mass is 35.5. The summed E-state index contributed by atoms with van der Waals surface area (Å²) in [6.45, 7) is 11.8. The highest BCUT2D eigenvalue weighted by molar-refractivity contribution is 5.85. The Hall–Kier alpha value is -0.690. The van der Waals surface area contributed by atoms with Crippen LogP contribution in [0.3, 0.4) is 0 Å². The molecule has 1 unspecified atom stereocenters. The molecule has 0 spiro atoms. The number of hydrogen-bond acceptors (Lipinski definition) is 6. The molecule has 2 aliphatic heterocycles. The van der Waals surface area contributed by atoms with Crippen LogP contribution in [-0.2, 0) is 6.54 Å². The Morgan fingerprint density at radius 2 is 2.05 bits per heavy atom. The van der Waals surface area contributed by atoms with Gasteiger partial charge in [0.1, 0.15) is 0 Å². The molecule has 6 nitrogen and oxygen atoms in total. The summed E-state index contributed by atoms with van der Waals surface area (Å²) in [5.41, 5.74) is 0. The van der Waals surface area contributed by atoms with Gasteiger partial charge in [0.15, 0.2) is 5.82 Å². The van der Waals surface area contributed by atoms with E-state index in [1.54, 1.807) is 0 Å². The molecule has 1 aromatic heterocycles. The molecule has 2 aliphatic rings. The molecular weight excluding hydrogens is 290 g/mol. The lowest BCUT2D eigenvalue weighted by Gasteiger charge is -2.37. The van der Waals surface area contributed by atoms with E-state index in [4.69, 9.17) is 4.52 Å². The smallest absolute Gasteiger partial charge is 0.229 e. The van der Waals surface area contributed by atoms with E-state index in [2.05, 4.69) is 39.1 Å². The first-order valence-corrected chi connectivity index (χ1v) is 7.72. The van der Waals surface area contributed by atoms with Crippen molar-refractivity contribution < 1.29 is 4.52 Å². The average Bonchev–Trinajstić information content (AvgIpc) is 3.10. The Bertz CT molecular complexity index is 425. The average molecular weight is 316 g/mol. The second kappa shape index (κ2) is 7.54. The maximum absolute atomic E-state index is 5.26. The fraction of sp³-hybridized carbons (Fsp3) is 0.857. The van der Waals surface area contributed by atoms with Crippen molar-refractivity contribution >= 4 is 12.4 Å². The Kier molecular flexibility index (Phi) is 5.98. The van der Waals surface area contributed by atoms with Crippen molar-refractivity contribution in [3.63, 3.8) is 0 Å². The van der Waals surface area contributed by atoms with Gasteiger partial charge in [-0.25, -0.2) is 0 Å². The minimum Gasteiger partial charge on any atom is -0.339 e. The van der Waals surface area contributed by atoms with E-state index in [1.807, 2.05) is 0 Å². The predicted octanol–water partition coefficient (Wildman–Crippen LogP) is 1.09. The Morgan fingerprint density at radius 3 is 2.62 bits per heavy atom. The molecule has 2 saturated heterocycles. The van der Waals surface area contributed by atoms with Crippen LogP contribution in [0, 0.1) is 0 Å². The first kappa shape index (κ1) is 16.7. The van der Waals surface area contributed by atoms with Gasteiger partial charge in [0.25, 0.3) is 0 Å². The molecule has 21 heavy (non-hydrogen) atoms. The molecular formula is C14H26ClN5O. The quantitative estimate of drug-likeness (QED) is 0.898. The molecule has 1 atom stereocenters. The Morgan fingerprint density at radius 1 is 1.29 bits per heavy atom. The van der Waals surface area contributed by atoms with Crippen LogP contribution in [0.25, 0.3) is 0 Å². The van der Waals surface area contributed by atoms with Gasteiger partial charge in [-0.15, -0.1) is 12.4 Å². The van der Waals surface area contributed by atoms with Crippen LogP contribution in [0.15, 0.2) is 4.52 Å². The van der Waals surface area contributed by atoms with E-state index < -0.39 is 0 Å². The lowest BCUT2D eigenvalue weighted by atomic mass is 10.2. The summed E-state index contributed by atoms with van der Waals surface area (Å²) in [4.78, 5) is 9.50. The number of piperazine rings is 1. The predicted molar refractivity (Wildman–Crippen MR) is 83.8 cm³/mol. The number of aromatic nitrogens is 2. The normalized spacial score (nSPS) is 24.4. The molecule has 7 heteroatoms. The van der Waals surface area contributed by atoms with E-state index in [0.717, 1.165) is 57.0 Å². The van der Waals surface area contributed by atoms with Gasteiger partial charge in [-0.2, -0.15) is 4.98 Å². The lowest BCUT2D eigenvalue weighted by molar-refractivity contribution is 0.0959. The number of nitrogens with zero attached hydrogens (tertiary/aromatic N) is 4. The fourth-order valence-corrected chi connectivity index (χ4v) is 3.00. The number of nitrogens with one attached hydrogen (secondary N) is 1. The fourth-order valence-electron chi connectivity index (χ4n) is 3.00. The first-order valence-electron chi connectivity index (χ1n) is 7.72. The Balaban J connectivity index is 0.00000161. The van der Waals surface area contributed by atoms with Crippen molar-refractivity contribution in [1.82, 2.24) is 25.3 Å². The molecule has 2 fully saturated rings. The summed E-state index contributed by atoms with van der Waals surface area (Å²) in [6, 6.07) is 0.745. The number of halogens is 1. The maximum atomic E-state index is 5.26. The van der Waals surface area contributed by atoms with Crippen LogP contribution in [0.1, 0.15) is 37.9 Å². The topological polar surface area (TPSA) is 57.4 Å². The maximum Gasteiger partial charge on any atom is 0.229 e. The molecule has 0 saturated carbocycles. The number of hydrogen-bond donors (Lipinski definition) is 1. The minimum absolute atomic E-state index is 0. The zero-order valence-electron chi connectivity index (χ0n) is 12.9. The lowest BCUT2D eigenvalue weighted by Crippen LogP contribution is -2.50. The third-order valence-corrected chi connectivity index (χ3v) is 4.30. The Labute approximate surface area is 132 Å². The van der Waals surface area contributed by atoms with Crippen LogP contribution in [-0.4, -0.2) is 65.3 Å². The van der Waals surface area contributed by atoms with Crippen molar-refractivity contribution in [2.24, 2.45) is 0 Å². The van der Waals surface area contributed by atoms with E-state index in [-0.39, 0.29) is 12.4 Å². The van der Waals surface area contributed by atoms with Crippen LogP contribution >= 0.6 is 12.4 Å². The van der Waals surface area contributed by atoms with Gasteiger partial charge in [0, 0.05) is 44.7 Å². The van der Waals surface area contributed by atoms with Gasteiger partial charge in [-0.1, -0.05) is 19.0 Å². The molecule has 0 bridgehead atoms. The second-order valence-electron chi connectivity index (χ2n) is 6.16.